The van der Waals surface area contributed by atoms with Gasteiger partial charge < -0.3 is 4.57 Å². The van der Waals surface area contributed by atoms with Gasteiger partial charge >= 0.3 is 0 Å². The minimum absolute atomic E-state index is 0.113. The molecule has 0 amide bonds. The summed E-state index contributed by atoms with van der Waals surface area (Å²) < 4.78 is 3.50. The fourth-order valence-electron chi connectivity index (χ4n) is 3.68. The van der Waals surface area contributed by atoms with Crippen molar-refractivity contribution in [2.24, 2.45) is 0 Å². The topological polar surface area (TPSA) is 30.7 Å². The minimum Gasteiger partial charge on any atom is -0.331 e. The third-order valence-corrected chi connectivity index (χ3v) is 7.19. The van der Waals surface area contributed by atoms with Crippen LogP contribution in [0.5, 0.6) is 0 Å². The Balaban J connectivity index is 1.55. The fourth-order valence-corrected chi connectivity index (χ4v) is 6.01. The molecule has 0 aliphatic carbocycles. The van der Waals surface area contributed by atoms with E-state index in [4.69, 9.17) is 4.98 Å². The molecule has 1 unspecified atom stereocenters. The summed E-state index contributed by atoms with van der Waals surface area (Å²) in [7, 11) is 0. The number of thiophene rings is 1. The molecule has 134 valence electrons. The molecule has 0 N–H and O–H groups in total. The number of hydrogen-bond donors (Lipinski definition) is 0. The Labute approximate surface area is 166 Å². The fraction of sp³-hybridized carbons (Fsp3) is 0.182. The maximum Gasteiger partial charge on any atom is 0.0962 e. The molecule has 0 aliphatic rings. The third-order valence-electron chi connectivity index (χ3n) is 5.13. The molecule has 2 aromatic carbocycles. The second-order valence-corrected chi connectivity index (χ2v) is 9.22. The van der Waals surface area contributed by atoms with Gasteiger partial charge in [-0.3, -0.25) is 0 Å². The van der Waals surface area contributed by atoms with Crippen molar-refractivity contribution in [3.05, 3.63) is 82.5 Å². The van der Waals surface area contributed by atoms with Crippen molar-refractivity contribution < 1.29 is 0 Å². The monoisotopic (exact) mass is 389 g/mol. The van der Waals surface area contributed by atoms with Gasteiger partial charge in [-0.05, 0) is 35.2 Å². The van der Waals surface area contributed by atoms with Crippen molar-refractivity contribution in [3.8, 4) is 0 Å². The van der Waals surface area contributed by atoms with Gasteiger partial charge in [-0.2, -0.15) is 0 Å². The van der Waals surface area contributed by atoms with E-state index in [9.17, 15) is 0 Å². The van der Waals surface area contributed by atoms with E-state index in [0.29, 0.717) is 0 Å². The molecular weight excluding hydrogens is 370 g/mol. The number of benzene rings is 2. The minimum atomic E-state index is -0.113. The number of thiazole rings is 1. The molecule has 0 saturated carbocycles. The second kappa shape index (κ2) is 6.59. The SMILES string of the molecule is CC(Cc1nc2ccccc2s1)(Cc1scc2ccccc12)n1ccnc1. The molecule has 0 fully saturated rings. The van der Waals surface area contributed by atoms with Crippen LogP contribution in [0.25, 0.3) is 21.0 Å². The smallest absolute Gasteiger partial charge is 0.0962 e. The summed E-state index contributed by atoms with van der Waals surface area (Å²) in [4.78, 5) is 10.6. The molecule has 5 rings (SSSR count). The lowest BCUT2D eigenvalue weighted by Crippen LogP contribution is -2.34. The first-order chi connectivity index (χ1) is 13.2. The van der Waals surface area contributed by atoms with Gasteiger partial charge in [0.25, 0.3) is 0 Å². The van der Waals surface area contributed by atoms with E-state index >= 15 is 0 Å². The Morgan fingerprint density at radius 1 is 1.04 bits per heavy atom. The lowest BCUT2D eigenvalue weighted by molar-refractivity contribution is 0.314. The van der Waals surface area contributed by atoms with Crippen molar-refractivity contribution in [3.63, 3.8) is 0 Å². The largest absolute Gasteiger partial charge is 0.331 e. The van der Waals surface area contributed by atoms with Crippen LogP contribution in [0, 0.1) is 0 Å². The van der Waals surface area contributed by atoms with E-state index in [2.05, 4.69) is 76.6 Å². The molecule has 3 aromatic heterocycles. The van der Waals surface area contributed by atoms with E-state index in [-0.39, 0.29) is 5.54 Å². The predicted molar refractivity (Wildman–Crippen MR) is 115 cm³/mol. The molecule has 5 aromatic rings. The molecule has 0 spiro atoms. The van der Waals surface area contributed by atoms with Crippen LogP contribution >= 0.6 is 22.7 Å². The summed E-state index contributed by atoms with van der Waals surface area (Å²) in [6.45, 7) is 2.31. The van der Waals surface area contributed by atoms with E-state index in [0.717, 1.165) is 18.4 Å². The van der Waals surface area contributed by atoms with Crippen molar-refractivity contribution in [2.75, 3.05) is 0 Å². The van der Waals surface area contributed by atoms with Crippen LogP contribution in [0.1, 0.15) is 16.8 Å². The zero-order valence-corrected chi connectivity index (χ0v) is 16.6. The number of hydrogen-bond acceptors (Lipinski definition) is 4. The highest BCUT2D eigenvalue weighted by Gasteiger charge is 2.30. The molecule has 3 heterocycles. The van der Waals surface area contributed by atoms with Gasteiger partial charge in [-0.15, -0.1) is 22.7 Å². The highest BCUT2D eigenvalue weighted by molar-refractivity contribution is 7.18. The second-order valence-electron chi connectivity index (χ2n) is 7.14. The zero-order chi connectivity index (χ0) is 18.3. The summed E-state index contributed by atoms with van der Waals surface area (Å²) in [6, 6.07) is 17.0. The summed E-state index contributed by atoms with van der Waals surface area (Å²) >= 11 is 3.65. The number of rotatable bonds is 5. The van der Waals surface area contributed by atoms with Crippen LogP contribution < -0.4 is 0 Å². The Morgan fingerprint density at radius 3 is 2.74 bits per heavy atom. The van der Waals surface area contributed by atoms with Gasteiger partial charge in [-0.25, -0.2) is 9.97 Å². The van der Waals surface area contributed by atoms with Crippen molar-refractivity contribution in [1.82, 2.24) is 14.5 Å². The molecule has 1 atom stereocenters. The first-order valence-corrected chi connectivity index (χ1v) is 10.7. The normalized spacial score (nSPS) is 14.0. The predicted octanol–water partition coefficient (Wildman–Crippen LogP) is 5.91. The number of para-hydroxylation sites is 1. The van der Waals surface area contributed by atoms with Crippen LogP contribution in [0.2, 0.25) is 0 Å². The highest BCUT2D eigenvalue weighted by atomic mass is 32.1. The van der Waals surface area contributed by atoms with E-state index in [1.807, 2.05) is 23.9 Å². The first-order valence-electron chi connectivity index (χ1n) is 8.99. The Bertz CT molecular complexity index is 1170. The Kier molecular flexibility index (Phi) is 4.06. The van der Waals surface area contributed by atoms with Crippen molar-refractivity contribution >= 4 is 43.7 Å². The first kappa shape index (κ1) is 16.7. The van der Waals surface area contributed by atoms with Gasteiger partial charge in [0.2, 0.25) is 0 Å². The highest BCUT2D eigenvalue weighted by Crippen LogP contribution is 2.35. The lowest BCUT2D eigenvalue weighted by Gasteiger charge is -2.30. The molecule has 0 bridgehead atoms. The molecule has 0 radical (unpaired) electrons. The van der Waals surface area contributed by atoms with Crippen molar-refractivity contribution in [2.45, 2.75) is 25.3 Å². The Morgan fingerprint density at radius 2 is 1.89 bits per heavy atom. The lowest BCUT2D eigenvalue weighted by atomic mass is 9.91. The number of imidazole rings is 1. The molecule has 27 heavy (non-hydrogen) atoms. The van der Waals surface area contributed by atoms with Gasteiger partial charge in [0.1, 0.15) is 0 Å². The van der Waals surface area contributed by atoms with Crippen LogP contribution in [-0.2, 0) is 18.4 Å². The van der Waals surface area contributed by atoms with Gasteiger partial charge in [-0.1, -0.05) is 36.4 Å². The molecule has 0 saturated heterocycles. The average molecular weight is 390 g/mol. The van der Waals surface area contributed by atoms with E-state index < -0.39 is 0 Å². The van der Waals surface area contributed by atoms with Crippen LogP contribution in [0.4, 0.5) is 0 Å². The summed E-state index contributed by atoms with van der Waals surface area (Å²) in [6.07, 6.45) is 7.71. The third kappa shape index (κ3) is 3.07. The molecule has 0 aliphatic heterocycles. The quantitative estimate of drug-likeness (QED) is 0.374. The summed E-state index contributed by atoms with van der Waals surface area (Å²) in [5.41, 5.74) is 0.977. The van der Waals surface area contributed by atoms with Crippen LogP contribution in [0.15, 0.2) is 72.6 Å². The average Bonchev–Trinajstić information content (AvgIpc) is 3.41. The van der Waals surface area contributed by atoms with Crippen LogP contribution in [0.3, 0.4) is 0 Å². The van der Waals surface area contributed by atoms with Gasteiger partial charge in [0, 0.05) is 30.1 Å². The summed E-state index contributed by atoms with van der Waals surface area (Å²) in [5.74, 6) is 0. The molecular formula is C22H19N3S2. The maximum absolute atomic E-state index is 4.89. The number of fused-ring (bicyclic) bond motifs is 2. The van der Waals surface area contributed by atoms with Gasteiger partial charge in [0.05, 0.1) is 27.1 Å². The molecule has 5 heteroatoms. The van der Waals surface area contributed by atoms with E-state index in [1.54, 1.807) is 11.3 Å². The number of aromatic nitrogens is 3. The van der Waals surface area contributed by atoms with E-state index in [1.165, 1.54) is 25.4 Å². The maximum atomic E-state index is 4.89. The van der Waals surface area contributed by atoms with Crippen LogP contribution in [-0.4, -0.2) is 14.5 Å². The Hall–Kier alpha value is -2.50. The summed E-state index contributed by atoms with van der Waals surface area (Å²) in [5, 5.41) is 6.12. The standard InChI is InChI=1S/C22H19N3S2/c1-22(25-11-10-23-15-25,12-20-17-7-3-2-6-16(17)14-26-20)13-21-24-18-8-4-5-9-19(18)27-21/h2-11,14-15H,12-13H2,1H3. The van der Waals surface area contributed by atoms with Gasteiger partial charge in [0.15, 0.2) is 0 Å². The van der Waals surface area contributed by atoms with Crippen molar-refractivity contribution in [1.29, 1.82) is 0 Å². The molecule has 3 nitrogen and oxygen atoms in total. The zero-order valence-electron chi connectivity index (χ0n) is 15.0. The number of nitrogens with zero attached hydrogens (tertiary/aromatic N) is 3.